The van der Waals surface area contributed by atoms with Gasteiger partial charge >= 0.3 is 0 Å². The standard InChI is InChI=1S/C25H34N8O2/c1-6-8-9-22-26-24(25(34-4,35-5)16-7-2)29-32(22)17-19-11-13-20(14-12-19)33-18(3)10-15-21(33)23-27-30-31-28-23/h10-15H,6-9,16-17H2,1-5H3,(H,27,28,30,31). The van der Waals surface area contributed by atoms with Crippen molar-refractivity contribution in [1.82, 2.24) is 40.0 Å². The van der Waals surface area contributed by atoms with Crippen LogP contribution in [0.1, 0.15) is 62.4 Å². The minimum Gasteiger partial charge on any atom is -0.347 e. The zero-order valence-electron chi connectivity index (χ0n) is 21.2. The average molecular weight is 479 g/mol. The Kier molecular flexibility index (Phi) is 7.72. The molecule has 35 heavy (non-hydrogen) atoms. The van der Waals surface area contributed by atoms with Gasteiger partial charge in [0.05, 0.1) is 12.2 Å². The molecule has 0 saturated heterocycles. The van der Waals surface area contributed by atoms with Crippen LogP contribution in [0, 0.1) is 6.92 Å². The fourth-order valence-corrected chi connectivity index (χ4v) is 4.35. The van der Waals surface area contributed by atoms with Gasteiger partial charge in [-0.2, -0.15) is 0 Å². The molecule has 0 fully saturated rings. The molecular formula is C25H34N8O2. The molecule has 0 saturated carbocycles. The third-order valence-corrected chi connectivity index (χ3v) is 6.27. The number of benzene rings is 1. The molecule has 1 N–H and O–H groups in total. The first kappa shape index (κ1) is 24.7. The Morgan fingerprint density at radius 2 is 1.77 bits per heavy atom. The van der Waals surface area contributed by atoms with Crippen molar-refractivity contribution < 1.29 is 9.47 Å². The Hall–Kier alpha value is -3.37. The summed E-state index contributed by atoms with van der Waals surface area (Å²) in [6, 6.07) is 12.5. The first-order valence-electron chi connectivity index (χ1n) is 12.1. The van der Waals surface area contributed by atoms with Crippen molar-refractivity contribution in [3.63, 3.8) is 0 Å². The van der Waals surface area contributed by atoms with E-state index in [1.807, 2.05) is 10.7 Å². The molecule has 186 valence electrons. The van der Waals surface area contributed by atoms with E-state index in [1.54, 1.807) is 14.2 Å². The van der Waals surface area contributed by atoms with Crippen molar-refractivity contribution in [3.8, 4) is 17.2 Å². The van der Waals surface area contributed by atoms with Crippen LogP contribution in [0.3, 0.4) is 0 Å². The fourth-order valence-electron chi connectivity index (χ4n) is 4.35. The molecule has 10 heteroatoms. The van der Waals surface area contributed by atoms with E-state index in [1.165, 1.54) is 0 Å². The number of hydrogen-bond acceptors (Lipinski definition) is 7. The second kappa shape index (κ2) is 10.9. The predicted molar refractivity (Wildman–Crippen MR) is 132 cm³/mol. The topological polar surface area (TPSA) is 109 Å². The van der Waals surface area contributed by atoms with Crippen LogP contribution in [0.15, 0.2) is 36.4 Å². The normalized spacial score (nSPS) is 11.9. The van der Waals surface area contributed by atoms with E-state index in [4.69, 9.17) is 19.6 Å². The fraction of sp³-hybridized carbons (Fsp3) is 0.480. The van der Waals surface area contributed by atoms with Gasteiger partial charge in [-0.25, -0.2) is 14.8 Å². The molecule has 0 aliphatic rings. The summed E-state index contributed by atoms with van der Waals surface area (Å²) in [6.45, 7) is 6.95. The number of tetrazole rings is 1. The van der Waals surface area contributed by atoms with Crippen LogP contribution in [0.2, 0.25) is 0 Å². The highest BCUT2D eigenvalue weighted by molar-refractivity contribution is 5.56. The van der Waals surface area contributed by atoms with Gasteiger partial charge < -0.3 is 14.0 Å². The minimum absolute atomic E-state index is 0.584. The Morgan fingerprint density at radius 3 is 2.40 bits per heavy atom. The molecule has 1 aromatic carbocycles. The number of aromatic amines is 1. The number of unbranched alkanes of at least 4 members (excludes halogenated alkanes) is 1. The van der Waals surface area contributed by atoms with Crippen LogP contribution in [0.4, 0.5) is 0 Å². The minimum atomic E-state index is -0.928. The number of methoxy groups -OCH3 is 2. The number of aryl methyl sites for hydroxylation is 2. The molecule has 3 heterocycles. The lowest BCUT2D eigenvalue weighted by atomic mass is 10.1. The van der Waals surface area contributed by atoms with Gasteiger partial charge in [-0.1, -0.05) is 38.8 Å². The highest BCUT2D eigenvalue weighted by atomic mass is 16.7. The average Bonchev–Trinajstić information content (AvgIpc) is 3.62. The van der Waals surface area contributed by atoms with Crippen LogP contribution in [0.5, 0.6) is 0 Å². The van der Waals surface area contributed by atoms with Crippen molar-refractivity contribution >= 4 is 0 Å². The molecule has 0 amide bonds. The van der Waals surface area contributed by atoms with Gasteiger partial charge in [0, 0.05) is 38.4 Å². The zero-order chi connectivity index (χ0) is 24.8. The Labute approximate surface area is 205 Å². The summed E-state index contributed by atoms with van der Waals surface area (Å²) in [4.78, 5) is 4.86. The van der Waals surface area contributed by atoms with Gasteiger partial charge in [-0.15, -0.1) is 10.2 Å². The Morgan fingerprint density at radius 1 is 1.00 bits per heavy atom. The van der Waals surface area contributed by atoms with E-state index in [-0.39, 0.29) is 0 Å². The summed E-state index contributed by atoms with van der Waals surface area (Å²) in [5.74, 6) is 1.23. The van der Waals surface area contributed by atoms with Crippen LogP contribution in [-0.2, 0) is 28.2 Å². The Bertz CT molecular complexity index is 1210. The number of rotatable bonds is 12. The van der Waals surface area contributed by atoms with E-state index in [0.717, 1.165) is 54.1 Å². The zero-order valence-corrected chi connectivity index (χ0v) is 21.2. The second-order valence-electron chi connectivity index (χ2n) is 8.64. The van der Waals surface area contributed by atoms with Gasteiger partial charge in [0.2, 0.25) is 11.6 Å². The van der Waals surface area contributed by atoms with E-state index in [2.05, 4.69) is 76.3 Å². The third kappa shape index (κ3) is 5.03. The highest BCUT2D eigenvalue weighted by Crippen LogP contribution is 2.29. The maximum absolute atomic E-state index is 5.77. The summed E-state index contributed by atoms with van der Waals surface area (Å²) in [6.07, 6.45) is 4.57. The lowest BCUT2D eigenvalue weighted by Crippen LogP contribution is -2.32. The van der Waals surface area contributed by atoms with Crippen molar-refractivity contribution in [1.29, 1.82) is 0 Å². The van der Waals surface area contributed by atoms with E-state index < -0.39 is 5.79 Å². The van der Waals surface area contributed by atoms with Crippen LogP contribution < -0.4 is 0 Å². The number of ether oxygens (including phenoxy) is 2. The number of nitrogens with one attached hydrogen (secondary N) is 1. The predicted octanol–water partition coefficient (Wildman–Crippen LogP) is 4.19. The number of hydrogen-bond donors (Lipinski definition) is 1. The van der Waals surface area contributed by atoms with Crippen molar-refractivity contribution in [2.45, 2.75) is 65.2 Å². The first-order chi connectivity index (χ1) is 17.0. The smallest absolute Gasteiger partial charge is 0.231 e. The number of aromatic nitrogens is 8. The van der Waals surface area contributed by atoms with Gasteiger partial charge in [0.1, 0.15) is 5.82 Å². The summed E-state index contributed by atoms with van der Waals surface area (Å²) in [7, 11) is 3.30. The summed E-state index contributed by atoms with van der Waals surface area (Å²) >= 11 is 0. The van der Waals surface area contributed by atoms with Crippen molar-refractivity contribution in [3.05, 3.63) is 59.3 Å². The summed E-state index contributed by atoms with van der Waals surface area (Å²) < 4.78 is 15.6. The van der Waals surface area contributed by atoms with Crippen LogP contribution in [0.25, 0.3) is 17.2 Å². The molecule has 0 spiro atoms. The molecular weight excluding hydrogens is 444 g/mol. The quantitative estimate of drug-likeness (QED) is 0.304. The molecule has 0 atom stereocenters. The van der Waals surface area contributed by atoms with E-state index in [9.17, 15) is 0 Å². The van der Waals surface area contributed by atoms with Gasteiger partial charge in [-0.05, 0) is 53.6 Å². The molecule has 0 bridgehead atoms. The maximum Gasteiger partial charge on any atom is 0.231 e. The first-order valence-corrected chi connectivity index (χ1v) is 12.1. The second-order valence-corrected chi connectivity index (χ2v) is 8.64. The lowest BCUT2D eigenvalue weighted by Gasteiger charge is -2.27. The highest BCUT2D eigenvalue weighted by Gasteiger charge is 2.36. The molecule has 0 unspecified atom stereocenters. The number of H-pyrrole nitrogens is 1. The molecule has 3 aromatic heterocycles. The molecule has 4 aromatic rings. The van der Waals surface area contributed by atoms with Crippen LogP contribution in [-0.4, -0.2) is 54.2 Å². The Balaban J connectivity index is 1.62. The van der Waals surface area contributed by atoms with Crippen molar-refractivity contribution in [2.24, 2.45) is 0 Å². The lowest BCUT2D eigenvalue weighted by molar-refractivity contribution is -0.225. The van der Waals surface area contributed by atoms with Crippen LogP contribution >= 0.6 is 0 Å². The SMILES string of the molecule is CCCCc1nc(C(CCC)(OC)OC)nn1Cc1ccc(-n2c(C)ccc2-c2nnn[nH]2)cc1. The largest absolute Gasteiger partial charge is 0.347 e. The van der Waals surface area contributed by atoms with Gasteiger partial charge in [-0.3, -0.25) is 0 Å². The maximum atomic E-state index is 5.77. The van der Waals surface area contributed by atoms with Gasteiger partial charge in [0.15, 0.2) is 5.82 Å². The van der Waals surface area contributed by atoms with Gasteiger partial charge in [0.25, 0.3) is 0 Å². The van der Waals surface area contributed by atoms with Crippen molar-refractivity contribution in [2.75, 3.05) is 14.2 Å². The molecule has 4 rings (SSSR count). The summed E-state index contributed by atoms with van der Waals surface area (Å²) in [5, 5.41) is 19.2. The van der Waals surface area contributed by atoms with E-state index >= 15 is 0 Å². The van der Waals surface area contributed by atoms with E-state index in [0.29, 0.717) is 24.6 Å². The monoisotopic (exact) mass is 478 g/mol. The number of nitrogens with zero attached hydrogens (tertiary/aromatic N) is 7. The summed E-state index contributed by atoms with van der Waals surface area (Å²) in [5.41, 5.74) is 4.17. The molecule has 0 radical (unpaired) electrons. The molecule has 10 nitrogen and oxygen atoms in total. The molecule has 0 aliphatic heterocycles. The molecule has 0 aliphatic carbocycles. The third-order valence-electron chi connectivity index (χ3n) is 6.27.